The zero-order valence-electron chi connectivity index (χ0n) is 15.6. The molecule has 0 bridgehead atoms. The maximum absolute atomic E-state index is 12.0. The quantitative estimate of drug-likeness (QED) is 0.242. The highest BCUT2D eigenvalue weighted by Gasteiger charge is 2.12. The number of hydrogen-bond donors (Lipinski definition) is 0. The van der Waals surface area contributed by atoms with E-state index in [1.54, 1.807) is 6.61 Å². The van der Waals surface area contributed by atoms with E-state index in [0.717, 1.165) is 32.1 Å². The number of carbonyl (C=O) groups excluding carboxylic acids is 1. The molecule has 1 aromatic carbocycles. The average Bonchev–Trinajstić information content (AvgIpc) is 2.62. The second kappa shape index (κ2) is 13.0. The predicted molar refractivity (Wildman–Crippen MR) is 98.4 cm³/mol. The van der Waals surface area contributed by atoms with E-state index in [9.17, 15) is 4.79 Å². The molecule has 0 aliphatic carbocycles. The van der Waals surface area contributed by atoms with Gasteiger partial charge in [-0.1, -0.05) is 71.4 Å². The highest BCUT2D eigenvalue weighted by molar-refractivity contribution is 5.88. The van der Waals surface area contributed by atoms with Gasteiger partial charge in [0.15, 0.2) is 0 Å². The zero-order valence-corrected chi connectivity index (χ0v) is 15.6. The second-order valence-electron chi connectivity index (χ2n) is 6.42. The van der Waals surface area contributed by atoms with Crippen molar-refractivity contribution in [2.45, 2.75) is 78.6 Å². The Morgan fingerprint density at radius 2 is 1.71 bits per heavy atom. The SMILES string of the molecule is CCCCCCc1ccc(C(=O)OO[CH]C(CC)CCCC)cc1. The smallest absolute Gasteiger partial charge is 0.292 e. The van der Waals surface area contributed by atoms with Crippen LogP contribution in [0.1, 0.15) is 88.1 Å². The summed E-state index contributed by atoms with van der Waals surface area (Å²) in [6, 6.07) is 7.63. The lowest BCUT2D eigenvalue weighted by molar-refractivity contribution is -0.219. The summed E-state index contributed by atoms with van der Waals surface area (Å²) in [5, 5.41) is 0. The van der Waals surface area contributed by atoms with Crippen LogP contribution in [0, 0.1) is 12.5 Å². The van der Waals surface area contributed by atoms with Gasteiger partial charge in [-0.15, -0.1) is 0 Å². The molecule has 1 atom stereocenters. The molecule has 0 spiro atoms. The number of benzene rings is 1. The van der Waals surface area contributed by atoms with E-state index in [1.807, 2.05) is 24.3 Å². The fourth-order valence-corrected chi connectivity index (χ4v) is 2.60. The molecule has 0 amide bonds. The van der Waals surface area contributed by atoms with Crippen molar-refractivity contribution in [2.75, 3.05) is 0 Å². The molecule has 1 rings (SSSR count). The third kappa shape index (κ3) is 8.49. The molecule has 24 heavy (non-hydrogen) atoms. The molecule has 3 nitrogen and oxygen atoms in total. The van der Waals surface area contributed by atoms with Gasteiger partial charge >= 0.3 is 5.97 Å². The van der Waals surface area contributed by atoms with Crippen LogP contribution in [0.5, 0.6) is 0 Å². The van der Waals surface area contributed by atoms with Crippen molar-refractivity contribution in [1.82, 2.24) is 0 Å². The number of rotatable bonds is 13. The van der Waals surface area contributed by atoms with Gasteiger partial charge < -0.3 is 0 Å². The lowest BCUT2D eigenvalue weighted by Crippen LogP contribution is -2.09. The Labute approximate surface area is 147 Å². The van der Waals surface area contributed by atoms with Crippen molar-refractivity contribution in [1.29, 1.82) is 0 Å². The molecule has 0 heterocycles. The molecule has 1 radical (unpaired) electrons. The van der Waals surface area contributed by atoms with Crippen molar-refractivity contribution >= 4 is 5.97 Å². The third-order valence-corrected chi connectivity index (χ3v) is 4.33. The number of aryl methyl sites for hydroxylation is 1. The molecule has 0 aliphatic heterocycles. The second-order valence-corrected chi connectivity index (χ2v) is 6.42. The minimum Gasteiger partial charge on any atom is -0.292 e. The van der Waals surface area contributed by atoms with Gasteiger partial charge in [0.05, 0.1) is 5.56 Å². The monoisotopic (exact) mass is 333 g/mol. The first kappa shape index (κ1) is 20.7. The van der Waals surface area contributed by atoms with E-state index in [-0.39, 0.29) is 0 Å². The van der Waals surface area contributed by atoms with Crippen LogP contribution >= 0.6 is 0 Å². The van der Waals surface area contributed by atoms with Gasteiger partial charge in [-0.3, -0.25) is 4.89 Å². The molecule has 3 heteroatoms. The molecule has 0 saturated heterocycles. The Balaban J connectivity index is 2.31. The van der Waals surface area contributed by atoms with Crippen LogP contribution in [0.2, 0.25) is 0 Å². The molecule has 0 fully saturated rings. The number of carbonyl (C=O) groups is 1. The van der Waals surface area contributed by atoms with E-state index in [1.165, 1.54) is 31.2 Å². The van der Waals surface area contributed by atoms with Crippen LogP contribution in [0.15, 0.2) is 24.3 Å². The first-order valence-electron chi connectivity index (χ1n) is 9.51. The first-order chi connectivity index (χ1) is 11.7. The summed E-state index contributed by atoms with van der Waals surface area (Å²) in [5.41, 5.74) is 1.79. The fraction of sp³-hybridized carbons (Fsp3) is 0.619. The summed E-state index contributed by atoms with van der Waals surface area (Å²) in [7, 11) is 0. The van der Waals surface area contributed by atoms with Crippen LogP contribution in [-0.4, -0.2) is 5.97 Å². The van der Waals surface area contributed by atoms with Gasteiger partial charge in [-0.05, 0) is 42.9 Å². The fourth-order valence-electron chi connectivity index (χ4n) is 2.60. The van der Waals surface area contributed by atoms with Crippen LogP contribution in [-0.2, 0) is 16.2 Å². The molecule has 1 unspecified atom stereocenters. The van der Waals surface area contributed by atoms with Crippen molar-refractivity contribution in [3.8, 4) is 0 Å². The van der Waals surface area contributed by atoms with Gasteiger partial charge in [0.2, 0.25) is 0 Å². The van der Waals surface area contributed by atoms with Crippen LogP contribution < -0.4 is 0 Å². The van der Waals surface area contributed by atoms with E-state index < -0.39 is 5.97 Å². The van der Waals surface area contributed by atoms with Crippen molar-refractivity contribution in [3.63, 3.8) is 0 Å². The van der Waals surface area contributed by atoms with E-state index >= 15 is 0 Å². The zero-order chi connectivity index (χ0) is 17.6. The summed E-state index contributed by atoms with van der Waals surface area (Å²) >= 11 is 0. The lowest BCUT2D eigenvalue weighted by atomic mass is 10.0. The summed E-state index contributed by atoms with van der Waals surface area (Å²) in [4.78, 5) is 21.9. The minimum atomic E-state index is -0.436. The molecule has 135 valence electrons. The molecular weight excluding hydrogens is 300 g/mol. The van der Waals surface area contributed by atoms with Crippen LogP contribution in [0.4, 0.5) is 0 Å². The molecular formula is C21H33O3. The summed E-state index contributed by atoms with van der Waals surface area (Å²) < 4.78 is 0. The Hall–Kier alpha value is -1.35. The average molecular weight is 333 g/mol. The van der Waals surface area contributed by atoms with Crippen LogP contribution in [0.25, 0.3) is 0 Å². The standard InChI is InChI=1S/C21H33O3/c1-4-7-9-10-12-19-13-15-20(16-14-19)21(22)24-23-17-18(6-3)11-8-5-2/h13-18H,4-12H2,1-3H3. The normalized spacial score (nSPS) is 12.1. The summed E-state index contributed by atoms with van der Waals surface area (Å²) in [5.74, 6) is -0.0997. The van der Waals surface area contributed by atoms with Gasteiger partial charge in [-0.25, -0.2) is 4.79 Å². The predicted octanol–water partition coefficient (Wildman–Crippen LogP) is 6.28. The largest absolute Gasteiger partial charge is 0.373 e. The van der Waals surface area contributed by atoms with Gasteiger partial charge in [0, 0.05) is 0 Å². The number of hydrogen-bond acceptors (Lipinski definition) is 3. The number of unbranched alkanes of at least 4 members (excludes halogenated alkanes) is 4. The van der Waals surface area contributed by atoms with Gasteiger partial charge in [0.25, 0.3) is 0 Å². The maximum Gasteiger partial charge on any atom is 0.373 e. The van der Waals surface area contributed by atoms with Crippen LogP contribution in [0.3, 0.4) is 0 Å². The third-order valence-electron chi connectivity index (χ3n) is 4.33. The Bertz CT molecular complexity index is 439. The summed E-state index contributed by atoms with van der Waals surface area (Å²) in [6.45, 7) is 8.14. The van der Waals surface area contributed by atoms with Gasteiger partial charge in [-0.2, -0.15) is 4.89 Å². The Morgan fingerprint density at radius 3 is 2.33 bits per heavy atom. The van der Waals surface area contributed by atoms with E-state index in [0.29, 0.717) is 11.5 Å². The van der Waals surface area contributed by atoms with Crippen molar-refractivity contribution in [3.05, 3.63) is 42.0 Å². The van der Waals surface area contributed by atoms with E-state index in [4.69, 9.17) is 9.78 Å². The topological polar surface area (TPSA) is 35.5 Å². The van der Waals surface area contributed by atoms with Gasteiger partial charge in [0.1, 0.15) is 6.61 Å². The molecule has 0 N–H and O–H groups in total. The Morgan fingerprint density at radius 1 is 1.00 bits per heavy atom. The maximum atomic E-state index is 12.0. The highest BCUT2D eigenvalue weighted by atomic mass is 17.2. The molecule has 1 aromatic rings. The molecule has 0 saturated carbocycles. The molecule has 0 aliphatic rings. The highest BCUT2D eigenvalue weighted by Crippen LogP contribution is 2.17. The Kier molecular flexibility index (Phi) is 11.2. The lowest BCUT2D eigenvalue weighted by Gasteiger charge is -2.12. The van der Waals surface area contributed by atoms with E-state index in [2.05, 4.69) is 20.8 Å². The minimum absolute atomic E-state index is 0.336. The van der Waals surface area contributed by atoms with Crippen molar-refractivity contribution in [2.24, 2.45) is 5.92 Å². The molecule has 0 aromatic heterocycles. The summed E-state index contributed by atoms with van der Waals surface area (Å²) in [6.07, 6.45) is 10.4. The van der Waals surface area contributed by atoms with Crippen molar-refractivity contribution < 1.29 is 14.6 Å². The first-order valence-corrected chi connectivity index (χ1v) is 9.51.